The van der Waals surface area contributed by atoms with Gasteiger partial charge in [0.1, 0.15) is 5.75 Å². The number of likely N-dealkylation sites (tertiary alicyclic amines) is 1. The highest BCUT2D eigenvalue weighted by Gasteiger charge is 2.22. The van der Waals surface area contributed by atoms with Gasteiger partial charge in [0, 0.05) is 18.6 Å². The monoisotopic (exact) mass is 272 g/mol. The molecule has 20 heavy (non-hydrogen) atoms. The van der Waals surface area contributed by atoms with Gasteiger partial charge in [-0.05, 0) is 69.1 Å². The fourth-order valence-corrected chi connectivity index (χ4v) is 3.54. The number of piperidine rings is 1. The lowest BCUT2D eigenvalue weighted by Gasteiger charge is -2.28. The molecule has 1 fully saturated rings. The van der Waals surface area contributed by atoms with E-state index < -0.39 is 0 Å². The highest BCUT2D eigenvalue weighted by atomic mass is 16.5. The molecule has 1 aliphatic heterocycles. The van der Waals surface area contributed by atoms with E-state index in [4.69, 9.17) is 4.74 Å². The van der Waals surface area contributed by atoms with E-state index >= 15 is 0 Å². The molecule has 1 aliphatic rings. The third kappa shape index (κ3) is 2.20. The molecule has 0 radical (unpaired) electrons. The molecule has 1 aromatic carbocycles. The smallest absolute Gasteiger partial charge is 0.119 e. The molecule has 0 amide bonds. The molecule has 1 saturated heterocycles. The van der Waals surface area contributed by atoms with E-state index in [1.54, 1.807) is 7.11 Å². The van der Waals surface area contributed by atoms with Gasteiger partial charge >= 0.3 is 0 Å². The summed E-state index contributed by atoms with van der Waals surface area (Å²) in [6.45, 7) is 4.57. The lowest BCUT2D eigenvalue weighted by atomic mass is 9.89. The Hall–Kier alpha value is -1.48. The Morgan fingerprint density at radius 2 is 1.85 bits per heavy atom. The van der Waals surface area contributed by atoms with Crippen LogP contribution in [0.1, 0.15) is 29.9 Å². The highest BCUT2D eigenvalue weighted by Crippen LogP contribution is 2.36. The molecule has 2 heterocycles. The summed E-state index contributed by atoms with van der Waals surface area (Å²) in [4.78, 5) is 2.42. The van der Waals surface area contributed by atoms with Gasteiger partial charge in [-0.25, -0.2) is 0 Å². The van der Waals surface area contributed by atoms with Crippen molar-refractivity contribution in [2.24, 2.45) is 7.05 Å². The Labute approximate surface area is 121 Å². The van der Waals surface area contributed by atoms with Crippen molar-refractivity contribution < 1.29 is 4.74 Å². The van der Waals surface area contributed by atoms with Crippen molar-refractivity contribution in [2.45, 2.75) is 25.7 Å². The lowest BCUT2D eigenvalue weighted by Crippen LogP contribution is -2.29. The van der Waals surface area contributed by atoms with Gasteiger partial charge in [0.05, 0.1) is 12.6 Å². The second-order valence-electron chi connectivity index (χ2n) is 6.11. The second-order valence-corrected chi connectivity index (χ2v) is 6.11. The molecule has 1 aromatic heterocycles. The van der Waals surface area contributed by atoms with Crippen LogP contribution < -0.4 is 4.74 Å². The van der Waals surface area contributed by atoms with Gasteiger partial charge < -0.3 is 14.2 Å². The van der Waals surface area contributed by atoms with E-state index in [0.29, 0.717) is 5.92 Å². The van der Waals surface area contributed by atoms with Gasteiger partial charge in [-0.15, -0.1) is 0 Å². The van der Waals surface area contributed by atoms with Gasteiger partial charge in [0.2, 0.25) is 0 Å². The van der Waals surface area contributed by atoms with Crippen LogP contribution in [0.3, 0.4) is 0 Å². The number of ether oxygens (including phenoxy) is 1. The van der Waals surface area contributed by atoms with Gasteiger partial charge in [0.15, 0.2) is 0 Å². The molecule has 0 unspecified atom stereocenters. The van der Waals surface area contributed by atoms with Crippen LogP contribution in [0, 0.1) is 6.92 Å². The fraction of sp³-hybridized carbons (Fsp3) is 0.529. The molecule has 3 heteroatoms. The Bertz CT molecular complexity index is 621. The van der Waals surface area contributed by atoms with E-state index in [2.05, 4.69) is 48.8 Å². The van der Waals surface area contributed by atoms with E-state index in [1.807, 2.05) is 0 Å². The maximum atomic E-state index is 5.45. The van der Waals surface area contributed by atoms with Crippen molar-refractivity contribution in [3.05, 3.63) is 29.5 Å². The van der Waals surface area contributed by atoms with Crippen LogP contribution in [0.2, 0.25) is 0 Å². The maximum Gasteiger partial charge on any atom is 0.119 e. The number of rotatable bonds is 2. The molecule has 2 aromatic rings. The lowest BCUT2D eigenvalue weighted by molar-refractivity contribution is 0.256. The Morgan fingerprint density at radius 3 is 2.50 bits per heavy atom. The predicted molar refractivity (Wildman–Crippen MR) is 83.7 cm³/mol. The normalized spacial score (nSPS) is 17.8. The molecule has 0 spiro atoms. The first kappa shape index (κ1) is 13.5. The molecule has 0 saturated carbocycles. The van der Waals surface area contributed by atoms with Crippen molar-refractivity contribution in [3.63, 3.8) is 0 Å². The van der Waals surface area contributed by atoms with Gasteiger partial charge in [0.25, 0.3) is 0 Å². The number of hydrogen-bond acceptors (Lipinski definition) is 2. The minimum atomic E-state index is 0.682. The first-order valence-corrected chi connectivity index (χ1v) is 7.42. The molecule has 0 atom stereocenters. The average Bonchev–Trinajstić information content (AvgIpc) is 2.77. The zero-order valence-corrected chi connectivity index (χ0v) is 12.9. The Kier molecular flexibility index (Phi) is 3.47. The maximum absolute atomic E-state index is 5.45. The predicted octanol–water partition coefficient (Wildman–Crippen LogP) is 3.30. The van der Waals surface area contributed by atoms with E-state index in [0.717, 1.165) is 5.75 Å². The van der Waals surface area contributed by atoms with Crippen molar-refractivity contribution in [1.29, 1.82) is 0 Å². The van der Waals surface area contributed by atoms with Crippen molar-refractivity contribution >= 4 is 10.9 Å². The van der Waals surface area contributed by atoms with Crippen molar-refractivity contribution in [1.82, 2.24) is 9.47 Å². The first-order chi connectivity index (χ1) is 9.60. The number of nitrogens with zero attached hydrogens (tertiary/aromatic N) is 2. The minimum absolute atomic E-state index is 0.682. The van der Waals surface area contributed by atoms with E-state index in [1.165, 1.54) is 48.0 Å². The van der Waals surface area contributed by atoms with Crippen LogP contribution >= 0.6 is 0 Å². The average molecular weight is 272 g/mol. The summed E-state index contributed by atoms with van der Waals surface area (Å²) in [6, 6.07) is 4.33. The molecular formula is C17H24N2O. The van der Waals surface area contributed by atoms with Crippen LogP contribution in [0.5, 0.6) is 5.75 Å². The SMILES string of the molecule is COc1cc(C)c2c(c1)c(C1CCN(C)CC1)cn2C. The number of aryl methyl sites for hydroxylation is 2. The minimum Gasteiger partial charge on any atom is -0.497 e. The molecule has 3 rings (SSSR count). The topological polar surface area (TPSA) is 17.4 Å². The van der Waals surface area contributed by atoms with Crippen LogP contribution in [0.4, 0.5) is 0 Å². The summed E-state index contributed by atoms with van der Waals surface area (Å²) >= 11 is 0. The number of aromatic nitrogens is 1. The third-order valence-corrected chi connectivity index (χ3v) is 4.66. The summed E-state index contributed by atoms with van der Waals surface area (Å²) < 4.78 is 7.73. The molecule has 0 bridgehead atoms. The van der Waals surface area contributed by atoms with Gasteiger partial charge in [-0.3, -0.25) is 0 Å². The van der Waals surface area contributed by atoms with Crippen LogP contribution in [0.25, 0.3) is 10.9 Å². The third-order valence-electron chi connectivity index (χ3n) is 4.66. The molecule has 0 aliphatic carbocycles. The van der Waals surface area contributed by atoms with Crippen molar-refractivity contribution in [3.8, 4) is 5.75 Å². The summed E-state index contributed by atoms with van der Waals surface area (Å²) in [7, 11) is 6.12. The van der Waals surface area contributed by atoms with E-state index in [9.17, 15) is 0 Å². The Balaban J connectivity index is 2.09. The summed E-state index contributed by atoms with van der Waals surface area (Å²) in [5, 5.41) is 1.37. The summed E-state index contributed by atoms with van der Waals surface area (Å²) in [5.41, 5.74) is 4.14. The largest absolute Gasteiger partial charge is 0.497 e. The van der Waals surface area contributed by atoms with Gasteiger partial charge in [-0.2, -0.15) is 0 Å². The van der Waals surface area contributed by atoms with E-state index in [-0.39, 0.29) is 0 Å². The number of methoxy groups -OCH3 is 1. The zero-order valence-electron chi connectivity index (χ0n) is 12.9. The molecule has 0 N–H and O–H groups in total. The number of hydrogen-bond donors (Lipinski definition) is 0. The summed E-state index contributed by atoms with van der Waals surface area (Å²) in [5.74, 6) is 1.65. The Morgan fingerprint density at radius 1 is 1.15 bits per heavy atom. The quantitative estimate of drug-likeness (QED) is 0.834. The van der Waals surface area contributed by atoms with Crippen LogP contribution in [0.15, 0.2) is 18.3 Å². The molecule has 3 nitrogen and oxygen atoms in total. The molecule has 108 valence electrons. The van der Waals surface area contributed by atoms with Crippen LogP contribution in [-0.2, 0) is 7.05 Å². The second kappa shape index (κ2) is 5.13. The van der Waals surface area contributed by atoms with Crippen LogP contribution in [-0.4, -0.2) is 36.7 Å². The zero-order chi connectivity index (χ0) is 14.3. The highest BCUT2D eigenvalue weighted by molar-refractivity contribution is 5.88. The van der Waals surface area contributed by atoms with Gasteiger partial charge in [-0.1, -0.05) is 0 Å². The summed E-state index contributed by atoms with van der Waals surface area (Å²) in [6.07, 6.45) is 4.84. The first-order valence-electron chi connectivity index (χ1n) is 7.42. The number of benzene rings is 1. The standard InChI is InChI=1S/C17H24N2O/c1-12-9-14(20-4)10-15-16(11-19(3)17(12)15)13-5-7-18(2)8-6-13/h9-11,13H,5-8H2,1-4H3. The number of fused-ring (bicyclic) bond motifs is 1. The van der Waals surface area contributed by atoms with Crippen molar-refractivity contribution in [2.75, 3.05) is 27.2 Å². The fourth-order valence-electron chi connectivity index (χ4n) is 3.54. The molecular weight excluding hydrogens is 248 g/mol.